The molecule has 0 aliphatic heterocycles. The Labute approximate surface area is 223 Å². The quantitative estimate of drug-likeness (QED) is 0.299. The van der Waals surface area contributed by atoms with E-state index in [1.807, 2.05) is 0 Å². The largest absolute Gasteiger partial charge is 0.378 e. The third-order valence-corrected chi connectivity index (χ3v) is 7.60. The molecule has 4 aromatic rings. The van der Waals surface area contributed by atoms with Gasteiger partial charge >= 0.3 is 0 Å². The van der Waals surface area contributed by atoms with E-state index in [9.17, 15) is 27.1 Å². The third kappa shape index (κ3) is 6.78. The molecule has 38 heavy (non-hydrogen) atoms. The van der Waals surface area contributed by atoms with Gasteiger partial charge < -0.3 is 10.4 Å². The summed E-state index contributed by atoms with van der Waals surface area (Å²) in [5.41, 5.74) is 1.24. The molecule has 196 valence electrons. The van der Waals surface area contributed by atoms with E-state index in [1.165, 1.54) is 40.7 Å². The summed E-state index contributed by atoms with van der Waals surface area (Å²) in [6, 6.07) is 19.7. The van der Waals surface area contributed by atoms with Crippen molar-refractivity contribution in [3.05, 3.63) is 125 Å². The van der Waals surface area contributed by atoms with Gasteiger partial charge in [0.25, 0.3) is 5.91 Å². The number of anilines is 1. The lowest BCUT2D eigenvalue weighted by molar-refractivity contribution is -0.124. The fourth-order valence-electron chi connectivity index (χ4n) is 3.65. The van der Waals surface area contributed by atoms with Crippen molar-refractivity contribution in [3.8, 4) is 0 Å². The van der Waals surface area contributed by atoms with Crippen molar-refractivity contribution in [1.82, 2.24) is 9.29 Å². The molecule has 1 aromatic heterocycles. The van der Waals surface area contributed by atoms with Crippen LogP contribution >= 0.6 is 11.6 Å². The number of aliphatic hydroxyl groups is 1. The first-order valence-corrected chi connectivity index (χ1v) is 13.1. The molecule has 1 unspecified atom stereocenters. The molecule has 1 heterocycles. The van der Waals surface area contributed by atoms with Gasteiger partial charge in [0.15, 0.2) is 6.10 Å². The lowest BCUT2D eigenvalue weighted by Crippen LogP contribution is -2.30. The number of rotatable bonds is 9. The zero-order valence-electron chi connectivity index (χ0n) is 19.8. The standard InChI is InChI=1S/C27H22ClF2N3O4S/c28-20-6-10-25(11-7-20)38(36,37)33(17-24-3-1-2-12-31-24)16-18-4-8-23(9-5-18)32-27(35)26(34)19-13-21(29)15-22(30)14-19/h1-15,26,34H,16-17H2,(H,32,35). The number of nitrogens with zero attached hydrogens (tertiary/aromatic N) is 2. The fourth-order valence-corrected chi connectivity index (χ4v) is 5.17. The minimum atomic E-state index is -3.92. The van der Waals surface area contributed by atoms with Crippen LogP contribution < -0.4 is 5.32 Å². The predicted molar refractivity (Wildman–Crippen MR) is 139 cm³/mol. The van der Waals surface area contributed by atoms with E-state index >= 15 is 0 Å². The van der Waals surface area contributed by atoms with E-state index in [4.69, 9.17) is 11.6 Å². The molecular weight excluding hydrogens is 536 g/mol. The van der Waals surface area contributed by atoms with Crippen LogP contribution in [0, 0.1) is 11.6 Å². The van der Waals surface area contributed by atoms with Gasteiger partial charge in [0.2, 0.25) is 10.0 Å². The molecule has 2 N–H and O–H groups in total. The van der Waals surface area contributed by atoms with Gasteiger partial charge in [0.1, 0.15) is 11.6 Å². The van der Waals surface area contributed by atoms with Gasteiger partial charge in [-0.2, -0.15) is 4.31 Å². The van der Waals surface area contributed by atoms with Crippen molar-refractivity contribution in [3.63, 3.8) is 0 Å². The number of aromatic nitrogens is 1. The van der Waals surface area contributed by atoms with Crippen LogP contribution in [0.25, 0.3) is 0 Å². The Morgan fingerprint density at radius 1 is 0.947 bits per heavy atom. The third-order valence-electron chi connectivity index (χ3n) is 5.55. The Hall–Kier alpha value is -3.70. The van der Waals surface area contributed by atoms with Crippen molar-refractivity contribution in [2.75, 3.05) is 5.32 Å². The summed E-state index contributed by atoms with van der Waals surface area (Å²) in [6.07, 6.45) is -0.217. The molecule has 7 nitrogen and oxygen atoms in total. The van der Waals surface area contributed by atoms with Crippen molar-refractivity contribution in [2.24, 2.45) is 0 Å². The molecule has 0 radical (unpaired) electrons. The number of hydrogen-bond acceptors (Lipinski definition) is 5. The highest BCUT2D eigenvalue weighted by molar-refractivity contribution is 7.89. The maximum absolute atomic E-state index is 13.4. The molecule has 1 atom stereocenters. The lowest BCUT2D eigenvalue weighted by atomic mass is 10.1. The summed E-state index contributed by atoms with van der Waals surface area (Å²) >= 11 is 5.92. The molecule has 0 saturated carbocycles. The van der Waals surface area contributed by atoms with Crippen LogP contribution in [0.4, 0.5) is 14.5 Å². The first-order chi connectivity index (χ1) is 18.1. The van der Waals surface area contributed by atoms with E-state index in [0.29, 0.717) is 28.0 Å². The Bertz CT molecular complexity index is 1500. The van der Waals surface area contributed by atoms with Gasteiger partial charge in [-0.25, -0.2) is 17.2 Å². The van der Waals surface area contributed by atoms with E-state index < -0.39 is 33.7 Å². The number of benzene rings is 3. The highest BCUT2D eigenvalue weighted by Crippen LogP contribution is 2.24. The van der Waals surface area contributed by atoms with Gasteiger partial charge in [-0.3, -0.25) is 9.78 Å². The maximum atomic E-state index is 13.4. The van der Waals surface area contributed by atoms with Crippen LogP contribution in [-0.2, 0) is 27.9 Å². The molecule has 0 aliphatic carbocycles. The molecule has 0 spiro atoms. The van der Waals surface area contributed by atoms with Crippen LogP contribution in [0.1, 0.15) is 22.9 Å². The minimum absolute atomic E-state index is 0.000947. The summed E-state index contributed by atoms with van der Waals surface area (Å²) in [6.45, 7) is 0.0155. The molecule has 3 aromatic carbocycles. The second-order valence-electron chi connectivity index (χ2n) is 8.34. The van der Waals surface area contributed by atoms with Crippen LogP contribution in [-0.4, -0.2) is 28.7 Å². The number of aliphatic hydroxyl groups excluding tert-OH is 1. The summed E-state index contributed by atoms with van der Waals surface area (Å²) in [7, 11) is -3.92. The predicted octanol–water partition coefficient (Wildman–Crippen LogP) is 5.08. The number of halogens is 3. The average molecular weight is 558 g/mol. The summed E-state index contributed by atoms with van der Waals surface area (Å²) in [5.74, 6) is -2.72. The Kier molecular flexibility index (Phi) is 8.48. The molecule has 1 amide bonds. The van der Waals surface area contributed by atoms with Gasteiger partial charge in [-0.05, 0) is 71.8 Å². The van der Waals surface area contributed by atoms with E-state index in [-0.39, 0.29) is 23.5 Å². The zero-order chi connectivity index (χ0) is 27.3. The van der Waals surface area contributed by atoms with Gasteiger partial charge in [-0.1, -0.05) is 29.8 Å². The normalized spacial score (nSPS) is 12.3. The van der Waals surface area contributed by atoms with Crippen LogP contribution in [0.2, 0.25) is 5.02 Å². The lowest BCUT2D eigenvalue weighted by Gasteiger charge is -2.22. The number of pyridine rings is 1. The van der Waals surface area contributed by atoms with Crippen molar-refractivity contribution in [2.45, 2.75) is 24.1 Å². The first kappa shape index (κ1) is 27.3. The number of hydrogen-bond donors (Lipinski definition) is 2. The number of carbonyl (C=O) groups excluding carboxylic acids is 1. The number of carbonyl (C=O) groups is 1. The SMILES string of the molecule is O=C(Nc1ccc(CN(Cc2ccccn2)S(=O)(=O)c2ccc(Cl)cc2)cc1)C(O)c1cc(F)cc(F)c1. The summed E-state index contributed by atoms with van der Waals surface area (Å²) in [5, 5.41) is 13.1. The Balaban J connectivity index is 1.51. The molecule has 0 saturated heterocycles. The van der Waals surface area contributed by atoms with Crippen molar-refractivity contribution < 1.29 is 27.1 Å². The average Bonchev–Trinajstić information content (AvgIpc) is 2.89. The fraction of sp³-hybridized carbons (Fsp3) is 0.111. The smallest absolute Gasteiger partial charge is 0.257 e. The molecule has 0 bridgehead atoms. The number of sulfonamides is 1. The van der Waals surface area contributed by atoms with Gasteiger partial charge in [0, 0.05) is 29.5 Å². The van der Waals surface area contributed by atoms with Crippen molar-refractivity contribution in [1.29, 1.82) is 0 Å². The van der Waals surface area contributed by atoms with Gasteiger partial charge in [0.05, 0.1) is 17.1 Å². The number of amides is 1. The van der Waals surface area contributed by atoms with E-state index in [1.54, 1.807) is 36.5 Å². The summed E-state index contributed by atoms with van der Waals surface area (Å²) in [4.78, 5) is 16.7. The molecule has 4 rings (SSSR count). The van der Waals surface area contributed by atoms with E-state index in [2.05, 4.69) is 10.3 Å². The molecule has 0 aliphatic rings. The van der Waals surface area contributed by atoms with Crippen LogP contribution in [0.5, 0.6) is 0 Å². The minimum Gasteiger partial charge on any atom is -0.378 e. The highest BCUT2D eigenvalue weighted by Gasteiger charge is 2.26. The van der Waals surface area contributed by atoms with Crippen LogP contribution in [0.15, 0.2) is 96.0 Å². The second kappa shape index (κ2) is 11.8. The first-order valence-electron chi connectivity index (χ1n) is 11.3. The van der Waals surface area contributed by atoms with E-state index in [0.717, 1.165) is 12.1 Å². The second-order valence-corrected chi connectivity index (χ2v) is 10.7. The summed E-state index contributed by atoms with van der Waals surface area (Å²) < 4.78 is 55.0. The zero-order valence-corrected chi connectivity index (χ0v) is 21.3. The Morgan fingerprint density at radius 2 is 1.61 bits per heavy atom. The topological polar surface area (TPSA) is 99.6 Å². The highest BCUT2D eigenvalue weighted by atomic mass is 35.5. The molecule has 11 heteroatoms. The van der Waals surface area contributed by atoms with Gasteiger partial charge in [-0.15, -0.1) is 0 Å². The molecule has 0 fully saturated rings. The Morgan fingerprint density at radius 3 is 2.21 bits per heavy atom. The molecular formula is C27H22ClF2N3O4S. The number of nitrogens with one attached hydrogen (secondary N) is 1. The monoisotopic (exact) mass is 557 g/mol. The van der Waals surface area contributed by atoms with Crippen LogP contribution in [0.3, 0.4) is 0 Å². The maximum Gasteiger partial charge on any atom is 0.257 e. The van der Waals surface area contributed by atoms with Crippen molar-refractivity contribution >= 4 is 33.2 Å².